The molecular weight excluding hydrogens is 176 g/mol. The molecule has 2 nitrogen and oxygen atoms in total. The number of rotatable bonds is 3. The van der Waals surface area contributed by atoms with Gasteiger partial charge in [0.05, 0.1) is 5.92 Å². The van der Waals surface area contributed by atoms with Gasteiger partial charge < -0.3 is 7.96 Å². The summed E-state index contributed by atoms with van der Waals surface area (Å²) in [6.07, 6.45) is 6.81. The number of aliphatic carboxylic acids is 1. The van der Waals surface area contributed by atoms with Gasteiger partial charge in [0.25, 0.3) is 0 Å². The van der Waals surface area contributed by atoms with Gasteiger partial charge in [-0.2, -0.15) is 0 Å². The molecule has 0 bridgehead atoms. The maximum atomic E-state index is 10.8. The van der Waals surface area contributed by atoms with Gasteiger partial charge in [0.2, 0.25) is 0 Å². The number of carboxylic acids is 1. The van der Waals surface area contributed by atoms with Crippen molar-refractivity contribution in [2.75, 3.05) is 0 Å². The van der Waals surface area contributed by atoms with Crippen LogP contribution in [0, 0.1) is 11.8 Å². The molecule has 1 aliphatic carbocycles. The van der Waals surface area contributed by atoms with Crippen LogP contribution in [0.2, 0.25) is 0 Å². The summed E-state index contributed by atoms with van der Waals surface area (Å²) >= 11 is 0. The van der Waals surface area contributed by atoms with Crippen molar-refractivity contribution in [2.45, 2.75) is 45.4 Å². The minimum atomic E-state index is -0.593. The second-order valence-electron chi connectivity index (χ2n) is 3.75. The van der Waals surface area contributed by atoms with Gasteiger partial charge in [0.1, 0.15) is 0 Å². The Morgan fingerprint density at radius 3 is 2.38 bits per heavy atom. The normalized spacial score (nSPS) is 20.4. The molecule has 0 radical (unpaired) electrons. The first kappa shape index (κ1) is 13.2. The van der Waals surface area contributed by atoms with Crippen molar-refractivity contribution in [3.8, 4) is 0 Å². The monoisotopic (exact) mass is 196 g/mol. The van der Waals surface area contributed by atoms with E-state index >= 15 is 0 Å². The molecule has 0 aromatic rings. The van der Waals surface area contributed by atoms with Crippen molar-refractivity contribution in [2.24, 2.45) is 11.8 Å². The Morgan fingerprint density at radius 2 is 2.00 bits per heavy atom. The zero-order chi connectivity index (χ0) is 8.97. The predicted octanol–water partition coefficient (Wildman–Crippen LogP) is 2.52. The van der Waals surface area contributed by atoms with E-state index in [1.165, 1.54) is 19.3 Å². The van der Waals surface area contributed by atoms with Crippen LogP contribution in [0.15, 0.2) is 0 Å². The molecule has 1 rings (SSSR count). The molecule has 0 heterocycles. The van der Waals surface area contributed by atoms with E-state index in [1.54, 1.807) is 0 Å². The third-order valence-corrected chi connectivity index (χ3v) is 2.98. The molecule has 0 aliphatic heterocycles. The minimum Gasteiger partial charge on any atom is -1.00 e. The third kappa shape index (κ3) is 3.86. The molecule has 0 aromatic heterocycles. The van der Waals surface area contributed by atoms with E-state index in [9.17, 15) is 4.79 Å². The first-order valence-electron chi connectivity index (χ1n) is 4.98. The van der Waals surface area contributed by atoms with Crippen LogP contribution in [-0.2, 0) is 4.79 Å². The van der Waals surface area contributed by atoms with Crippen LogP contribution >= 0.6 is 0 Å². The van der Waals surface area contributed by atoms with Crippen molar-refractivity contribution in [3.05, 3.63) is 0 Å². The van der Waals surface area contributed by atoms with Crippen LogP contribution in [0.3, 0.4) is 0 Å². The first-order chi connectivity index (χ1) is 5.75. The average Bonchev–Trinajstić information content (AvgIpc) is 2.07. The molecule has 1 N–H and O–H groups in total. The Balaban J connectivity index is -0.000000480. The second kappa shape index (κ2) is 6.65. The molecule has 0 aromatic carbocycles. The smallest absolute Gasteiger partial charge is 1.00 e. The predicted molar refractivity (Wildman–Crippen MR) is 56.0 cm³/mol. The maximum Gasteiger partial charge on any atom is 2.00 e. The summed E-state index contributed by atoms with van der Waals surface area (Å²) in [5.41, 5.74) is 0. The zero-order valence-corrected chi connectivity index (χ0v) is 9.87. The Bertz CT molecular complexity index is 162. The molecule has 13 heavy (non-hydrogen) atoms. The van der Waals surface area contributed by atoms with E-state index in [0.717, 1.165) is 19.3 Å². The van der Waals surface area contributed by atoms with Crippen molar-refractivity contribution in [3.63, 3.8) is 0 Å². The molecular formula is C10H20MgO2. The summed E-state index contributed by atoms with van der Waals surface area (Å²) in [5, 5.41) is 8.93. The number of hydrogen-bond acceptors (Lipinski definition) is 1. The maximum absolute atomic E-state index is 10.8. The van der Waals surface area contributed by atoms with Crippen LogP contribution in [0.25, 0.3) is 0 Å². The largest absolute Gasteiger partial charge is 2.00 e. The van der Waals surface area contributed by atoms with Crippen LogP contribution < -0.4 is 0 Å². The number of carboxylic acid groups (broad SMARTS) is 1. The Kier molecular flexibility index (Phi) is 6.78. The van der Waals surface area contributed by atoms with Gasteiger partial charge in [-0.1, -0.05) is 26.2 Å². The number of hydrogen-bond donors (Lipinski definition) is 1. The van der Waals surface area contributed by atoms with Crippen molar-refractivity contribution in [1.29, 1.82) is 0 Å². The summed E-state index contributed by atoms with van der Waals surface area (Å²) in [4.78, 5) is 10.8. The van der Waals surface area contributed by atoms with E-state index in [-0.39, 0.29) is 31.8 Å². The molecule has 0 spiro atoms. The minimum absolute atomic E-state index is 0. The van der Waals surface area contributed by atoms with Gasteiger partial charge in [0.15, 0.2) is 0 Å². The van der Waals surface area contributed by atoms with E-state index in [4.69, 9.17) is 5.11 Å². The fraction of sp³-hybridized carbons (Fsp3) is 0.900. The summed E-state index contributed by atoms with van der Waals surface area (Å²) < 4.78 is 0. The van der Waals surface area contributed by atoms with Gasteiger partial charge >= 0.3 is 29.0 Å². The van der Waals surface area contributed by atoms with Gasteiger partial charge in [-0.25, -0.2) is 0 Å². The van der Waals surface area contributed by atoms with E-state index in [2.05, 4.69) is 0 Å². The molecule has 74 valence electrons. The van der Waals surface area contributed by atoms with Crippen LogP contribution in [0.5, 0.6) is 0 Å². The Morgan fingerprint density at radius 1 is 1.46 bits per heavy atom. The number of carbonyl (C=O) groups is 1. The fourth-order valence-corrected chi connectivity index (χ4v) is 2.25. The van der Waals surface area contributed by atoms with Crippen molar-refractivity contribution < 1.29 is 12.8 Å². The van der Waals surface area contributed by atoms with E-state index in [1.807, 2.05) is 6.92 Å². The fourth-order valence-electron chi connectivity index (χ4n) is 2.25. The van der Waals surface area contributed by atoms with E-state index in [0.29, 0.717) is 5.92 Å². The molecule has 0 amide bonds. The van der Waals surface area contributed by atoms with Crippen molar-refractivity contribution >= 4 is 29.0 Å². The summed E-state index contributed by atoms with van der Waals surface area (Å²) in [6, 6.07) is 0. The van der Waals surface area contributed by atoms with Crippen LogP contribution in [0.1, 0.15) is 48.3 Å². The van der Waals surface area contributed by atoms with Gasteiger partial charge in [-0.3, -0.25) is 4.79 Å². The van der Waals surface area contributed by atoms with E-state index < -0.39 is 5.97 Å². The quantitative estimate of drug-likeness (QED) is 0.705. The Hall–Kier alpha value is 0.236. The topological polar surface area (TPSA) is 37.3 Å². The van der Waals surface area contributed by atoms with Crippen LogP contribution in [0.4, 0.5) is 0 Å². The van der Waals surface area contributed by atoms with Crippen LogP contribution in [-0.4, -0.2) is 34.1 Å². The third-order valence-electron chi connectivity index (χ3n) is 2.98. The summed E-state index contributed by atoms with van der Waals surface area (Å²) in [6.45, 7) is 1.98. The first-order valence-corrected chi connectivity index (χ1v) is 4.98. The second-order valence-corrected chi connectivity index (χ2v) is 3.75. The molecule has 0 saturated heterocycles. The average molecular weight is 197 g/mol. The van der Waals surface area contributed by atoms with Gasteiger partial charge in [0, 0.05) is 0 Å². The SMILES string of the molecule is CCC(C(=O)O)C1CCCCC1.[H-].[H-].[Mg+2]. The molecule has 1 unspecified atom stereocenters. The van der Waals surface area contributed by atoms with Gasteiger partial charge in [-0.05, 0) is 25.2 Å². The molecule has 3 heteroatoms. The summed E-state index contributed by atoms with van der Waals surface area (Å²) in [5.74, 6) is -0.212. The zero-order valence-electron chi connectivity index (χ0n) is 10.5. The summed E-state index contributed by atoms with van der Waals surface area (Å²) in [7, 11) is 0. The Labute approximate surface area is 99.2 Å². The van der Waals surface area contributed by atoms with Gasteiger partial charge in [-0.15, -0.1) is 0 Å². The molecule has 1 fully saturated rings. The molecule has 1 atom stereocenters. The standard InChI is InChI=1S/C10H18O2.Mg.2H/c1-2-9(10(11)12)8-6-4-3-5-7-8;;;/h8-9H,2-7H2,1H3,(H,11,12);;;/q;+2;2*-1. The molecule has 1 aliphatic rings. The molecule has 1 saturated carbocycles. The van der Waals surface area contributed by atoms with Crippen molar-refractivity contribution in [1.82, 2.24) is 0 Å².